The summed E-state index contributed by atoms with van der Waals surface area (Å²) < 4.78 is 44.3. The summed E-state index contributed by atoms with van der Waals surface area (Å²) in [7, 11) is 1.37. The smallest absolute Gasteiger partial charge is 0.305 e. The molecule has 1 aliphatic rings. The molecule has 1 N–H and O–H groups in total. The number of rotatable bonds is 7. The summed E-state index contributed by atoms with van der Waals surface area (Å²) in [6, 6.07) is 15.5. The lowest BCUT2D eigenvalue weighted by Gasteiger charge is -2.44. The van der Waals surface area contributed by atoms with Gasteiger partial charge in [-0.15, -0.1) is 0 Å². The minimum Gasteiger partial charge on any atom is -0.759 e. The van der Waals surface area contributed by atoms with Gasteiger partial charge in [0.25, 0.3) is 0 Å². The lowest BCUT2D eigenvalue weighted by molar-refractivity contribution is -0.139. The van der Waals surface area contributed by atoms with Crippen LogP contribution in [0.5, 0.6) is 5.75 Å². The van der Waals surface area contributed by atoms with E-state index in [0.717, 1.165) is 15.7 Å². The third-order valence-electron chi connectivity index (χ3n) is 6.48. The number of hydrogen-bond acceptors (Lipinski definition) is 7. The van der Waals surface area contributed by atoms with E-state index in [0.29, 0.717) is 37.1 Å². The standard InChI is InChI=1S/C28H27FN4O5S/c1-19(15-26(34)35)33(39(36)37)32-13-11-31(12-14-32)24-8-5-20(6-9-24)3-4-21-16-22-7-10-25(38-2)28(29)27(22)23(17-21)18-30/h5-10,16-17,19H,11-15H2,1-2H3,(H,34,35)(H,36,37)/p-1. The number of carboxylic acids is 1. The van der Waals surface area contributed by atoms with Gasteiger partial charge in [-0.2, -0.15) is 9.68 Å². The van der Waals surface area contributed by atoms with Crippen LogP contribution < -0.4 is 9.64 Å². The van der Waals surface area contributed by atoms with Crippen LogP contribution in [0.1, 0.15) is 30.0 Å². The maximum atomic E-state index is 14.7. The molecular formula is C28H26FN4O5S-. The number of benzene rings is 3. The van der Waals surface area contributed by atoms with E-state index in [2.05, 4.69) is 16.7 Å². The highest BCUT2D eigenvalue weighted by Gasteiger charge is 2.28. The number of hydrazine groups is 1. The normalized spacial score (nSPS) is 15.3. The molecule has 1 saturated heterocycles. The van der Waals surface area contributed by atoms with Gasteiger partial charge >= 0.3 is 5.97 Å². The summed E-state index contributed by atoms with van der Waals surface area (Å²) in [6.45, 7) is 3.55. The zero-order valence-electron chi connectivity index (χ0n) is 21.4. The average Bonchev–Trinajstić information content (AvgIpc) is 2.92. The molecule has 0 bridgehead atoms. The third kappa shape index (κ3) is 6.36. The maximum absolute atomic E-state index is 14.7. The molecule has 0 aliphatic carbocycles. The lowest BCUT2D eigenvalue weighted by Crippen LogP contribution is -2.57. The predicted molar refractivity (Wildman–Crippen MR) is 144 cm³/mol. The number of anilines is 1. The summed E-state index contributed by atoms with van der Waals surface area (Å²) in [4.78, 5) is 13.1. The highest BCUT2D eigenvalue weighted by atomic mass is 32.2. The van der Waals surface area contributed by atoms with Gasteiger partial charge in [-0.25, -0.2) is 9.40 Å². The molecule has 0 aromatic heterocycles. The second-order valence-electron chi connectivity index (χ2n) is 9.02. The molecule has 1 fully saturated rings. The molecule has 202 valence electrons. The van der Waals surface area contributed by atoms with Crippen molar-refractivity contribution in [1.82, 2.24) is 9.42 Å². The largest absolute Gasteiger partial charge is 0.759 e. The fourth-order valence-electron chi connectivity index (χ4n) is 4.62. The quantitative estimate of drug-likeness (QED) is 0.352. The van der Waals surface area contributed by atoms with E-state index in [9.17, 15) is 23.2 Å². The Bertz CT molecular complexity index is 1500. The summed E-state index contributed by atoms with van der Waals surface area (Å²) in [5, 5.41) is 21.0. The SMILES string of the molecule is COc1ccc2cc(C#Cc3ccc(N4CCN(N(C(C)CC(=O)O)S(=O)[O-])CC4)cc3)cc(C#N)c2c1F. The van der Waals surface area contributed by atoms with E-state index in [1.165, 1.54) is 13.2 Å². The van der Waals surface area contributed by atoms with Crippen LogP contribution in [0.3, 0.4) is 0 Å². The fraction of sp³-hybridized carbons (Fsp3) is 0.286. The topological polar surface area (TPSA) is 120 Å². The van der Waals surface area contributed by atoms with Crippen LogP contribution >= 0.6 is 0 Å². The first-order valence-electron chi connectivity index (χ1n) is 12.1. The molecule has 2 atom stereocenters. The zero-order chi connectivity index (χ0) is 28.1. The lowest BCUT2D eigenvalue weighted by atomic mass is 10.0. The molecule has 9 nitrogen and oxygen atoms in total. The van der Waals surface area contributed by atoms with Gasteiger partial charge in [-0.3, -0.25) is 9.00 Å². The summed E-state index contributed by atoms with van der Waals surface area (Å²) >= 11 is -2.57. The molecule has 3 aromatic rings. The summed E-state index contributed by atoms with van der Waals surface area (Å²) in [6.07, 6.45) is -0.278. The van der Waals surface area contributed by atoms with Crippen molar-refractivity contribution in [2.75, 3.05) is 38.2 Å². The minimum atomic E-state index is -2.57. The predicted octanol–water partition coefficient (Wildman–Crippen LogP) is 3.26. The number of nitriles is 1. The average molecular weight is 550 g/mol. The molecule has 0 saturated carbocycles. The van der Waals surface area contributed by atoms with E-state index < -0.39 is 29.1 Å². The van der Waals surface area contributed by atoms with Crippen LogP contribution in [0.2, 0.25) is 0 Å². The van der Waals surface area contributed by atoms with E-state index >= 15 is 0 Å². The number of nitrogens with zero attached hydrogens (tertiary/aromatic N) is 4. The van der Waals surface area contributed by atoms with Gasteiger partial charge in [0.1, 0.15) is 0 Å². The number of fused-ring (bicyclic) bond motifs is 1. The van der Waals surface area contributed by atoms with E-state index in [1.807, 2.05) is 30.3 Å². The van der Waals surface area contributed by atoms with Crippen molar-refractivity contribution in [3.8, 4) is 23.7 Å². The summed E-state index contributed by atoms with van der Waals surface area (Å²) in [5.41, 5.74) is 2.48. The van der Waals surface area contributed by atoms with Gasteiger partial charge in [0, 0.05) is 65.7 Å². The Labute approximate surface area is 228 Å². The third-order valence-corrected chi connectivity index (χ3v) is 7.37. The molecule has 4 rings (SSSR count). The molecule has 0 radical (unpaired) electrons. The van der Waals surface area contributed by atoms with Gasteiger partial charge < -0.3 is 19.3 Å². The minimum absolute atomic E-state index is 0.0739. The Kier molecular flexibility index (Phi) is 8.79. The molecule has 0 amide bonds. The van der Waals surface area contributed by atoms with Gasteiger partial charge in [0.05, 0.1) is 25.2 Å². The molecule has 1 aliphatic heterocycles. The highest BCUT2D eigenvalue weighted by molar-refractivity contribution is 7.76. The number of methoxy groups -OCH3 is 1. The molecule has 39 heavy (non-hydrogen) atoms. The monoisotopic (exact) mass is 549 g/mol. The molecule has 0 spiro atoms. The van der Waals surface area contributed by atoms with E-state index in [4.69, 9.17) is 9.84 Å². The van der Waals surface area contributed by atoms with Gasteiger partial charge in [0.2, 0.25) is 0 Å². The van der Waals surface area contributed by atoms with Crippen LogP contribution in [0.25, 0.3) is 10.8 Å². The fourth-order valence-corrected chi connectivity index (χ4v) is 5.34. The first kappa shape index (κ1) is 28.0. The Balaban J connectivity index is 1.45. The Morgan fingerprint density at radius 1 is 1.15 bits per heavy atom. The molecular weight excluding hydrogens is 523 g/mol. The first-order valence-corrected chi connectivity index (χ1v) is 13.2. The van der Waals surface area contributed by atoms with Crippen LogP contribution in [0.4, 0.5) is 10.1 Å². The van der Waals surface area contributed by atoms with Gasteiger partial charge in [-0.05, 0) is 54.8 Å². The van der Waals surface area contributed by atoms with Crippen molar-refractivity contribution in [3.05, 3.63) is 71.0 Å². The van der Waals surface area contributed by atoms with Gasteiger partial charge in [0.15, 0.2) is 11.6 Å². The van der Waals surface area contributed by atoms with Crippen LogP contribution in [-0.4, -0.2) is 68.6 Å². The number of carboxylic acid groups (broad SMARTS) is 1. The van der Waals surface area contributed by atoms with Crippen molar-refractivity contribution in [1.29, 1.82) is 5.26 Å². The molecule has 2 unspecified atom stereocenters. The van der Waals surface area contributed by atoms with Crippen molar-refractivity contribution in [2.45, 2.75) is 19.4 Å². The molecule has 11 heteroatoms. The Morgan fingerprint density at radius 2 is 1.82 bits per heavy atom. The van der Waals surface area contributed by atoms with E-state index in [1.54, 1.807) is 30.1 Å². The van der Waals surface area contributed by atoms with Crippen LogP contribution in [0.15, 0.2) is 48.5 Å². The second kappa shape index (κ2) is 12.2. The van der Waals surface area contributed by atoms with Crippen molar-refractivity contribution in [2.24, 2.45) is 0 Å². The first-order chi connectivity index (χ1) is 18.7. The van der Waals surface area contributed by atoms with Gasteiger partial charge in [-0.1, -0.05) is 17.9 Å². The highest BCUT2D eigenvalue weighted by Crippen LogP contribution is 2.30. The molecule has 1 heterocycles. The number of halogens is 1. The van der Waals surface area contributed by atoms with E-state index in [-0.39, 0.29) is 23.1 Å². The Morgan fingerprint density at radius 3 is 2.41 bits per heavy atom. The van der Waals surface area contributed by atoms with Crippen LogP contribution in [-0.2, 0) is 16.1 Å². The number of piperazine rings is 1. The van der Waals surface area contributed by atoms with Crippen LogP contribution in [0, 0.1) is 29.0 Å². The van der Waals surface area contributed by atoms with Crippen molar-refractivity contribution in [3.63, 3.8) is 0 Å². The zero-order valence-corrected chi connectivity index (χ0v) is 22.2. The number of aliphatic carboxylic acids is 1. The maximum Gasteiger partial charge on any atom is 0.305 e. The number of carbonyl (C=O) groups is 1. The molecule has 3 aromatic carbocycles. The Hall–Kier alpha value is -4.00. The number of ether oxygens (including phenoxy) is 1. The summed E-state index contributed by atoms with van der Waals surface area (Å²) in [5.74, 6) is 4.57. The van der Waals surface area contributed by atoms with Crippen molar-refractivity contribution >= 4 is 33.7 Å². The number of hydrogen-bond donors (Lipinski definition) is 1. The second-order valence-corrected chi connectivity index (χ2v) is 9.83. The van der Waals surface area contributed by atoms with Crippen molar-refractivity contribution < 1.29 is 27.8 Å².